The van der Waals surface area contributed by atoms with Crippen molar-refractivity contribution in [2.75, 3.05) is 0 Å². The van der Waals surface area contributed by atoms with E-state index in [0.717, 1.165) is 75.4 Å². The number of carbonyl (C=O) groups is 3. The molecule has 308 valence electrons. The standard InChI is InChI=1S/C40H39O6S12.Na/c1-35(2)47-20-14(21-27(54-36(3,4)48-21)17(32(41)42)26(20)53-35)13(15-22-28(55-37(5,6)49-22)18(33(43)44)29-23(15)50-38(7,8)56-29)16-24-30(57-39(9,10)51-24)19(34(45)46)31-25(16)52-40(11,12)58-31;/h1-12H3,(H,41,42)(H,43,44)(H,45,46);. The first-order valence-corrected chi connectivity index (χ1v) is 29.5. The van der Waals surface area contributed by atoms with Gasteiger partial charge in [0.25, 0.3) is 0 Å². The third-order valence-electron chi connectivity index (χ3n) is 10.3. The minimum absolute atomic E-state index is 0.365. The molecule has 6 aliphatic rings. The zero-order chi connectivity index (χ0) is 43.1. The van der Waals surface area contributed by atoms with Crippen molar-refractivity contribution in [3.05, 3.63) is 33.4 Å². The summed E-state index contributed by atoms with van der Waals surface area (Å²) < 4.78 is -3.07. The van der Waals surface area contributed by atoms with E-state index in [4.69, 9.17) is 0 Å². The molecule has 3 aromatic carbocycles. The molecular weight excluding hydrogens is 984 g/mol. The van der Waals surface area contributed by atoms with Gasteiger partial charge in [-0.1, -0.05) is 0 Å². The van der Waals surface area contributed by atoms with Gasteiger partial charge in [-0.15, -0.1) is 0 Å². The third kappa shape index (κ3) is 7.29. The first kappa shape index (κ1) is 45.4. The van der Waals surface area contributed by atoms with Crippen LogP contribution in [0.3, 0.4) is 0 Å². The van der Waals surface area contributed by atoms with E-state index in [1.807, 2.05) is 0 Å². The Morgan fingerprint density at radius 3 is 0.610 bits per heavy atom. The molecular formula is C40H39NaO6S12. The van der Waals surface area contributed by atoms with Crippen LogP contribution in [0.5, 0.6) is 0 Å². The maximum absolute atomic E-state index is 13.6. The van der Waals surface area contributed by atoms with E-state index in [9.17, 15) is 29.7 Å². The van der Waals surface area contributed by atoms with E-state index in [1.54, 1.807) is 141 Å². The summed E-state index contributed by atoms with van der Waals surface area (Å²) in [5.74, 6) is -2.78. The van der Waals surface area contributed by atoms with Crippen LogP contribution in [-0.2, 0) is 2.66 Å². The Morgan fingerprint density at radius 1 is 0.339 bits per heavy atom. The fraction of sp³-hybridized carbons (Fsp3) is 0.475. The second-order valence-corrected chi connectivity index (χ2v) is 40.5. The van der Waals surface area contributed by atoms with Crippen LogP contribution in [0.2, 0.25) is 0 Å². The van der Waals surface area contributed by atoms with Crippen LogP contribution in [0.4, 0.5) is 0 Å². The molecule has 6 heterocycles. The van der Waals surface area contributed by atoms with Crippen molar-refractivity contribution in [1.82, 2.24) is 0 Å². The Balaban J connectivity index is 1.57. The predicted octanol–water partition coefficient (Wildman–Crippen LogP) is 14.8. The summed E-state index contributed by atoms with van der Waals surface area (Å²) >= 11 is 20.8. The van der Waals surface area contributed by atoms with Crippen LogP contribution < -0.4 is 0 Å². The van der Waals surface area contributed by atoms with Crippen molar-refractivity contribution < 1.29 is 29.7 Å². The monoisotopic (exact) mass is 1020 g/mol. The normalized spacial score (nSPS) is 22.7. The fourth-order valence-electron chi connectivity index (χ4n) is 8.54. The number of carboxylic acids is 3. The number of rotatable bonds is 6. The van der Waals surface area contributed by atoms with Gasteiger partial charge < -0.3 is 0 Å². The molecule has 0 saturated carbocycles. The molecule has 6 aliphatic heterocycles. The van der Waals surface area contributed by atoms with Gasteiger partial charge >= 0.3 is 419 Å². The van der Waals surface area contributed by atoms with Gasteiger partial charge in [-0.05, 0) is 0 Å². The number of carboxylic acid groups (broad SMARTS) is 3. The molecule has 3 aromatic rings. The Morgan fingerprint density at radius 2 is 0.475 bits per heavy atom. The van der Waals surface area contributed by atoms with Gasteiger partial charge in [-0.3, -0.25) is 0 Å². The Bertz CT molecular complexity index is 2140. The second-order valence-electron chi connectivity index (χ2n) is 17.9. The van der Waals surface area contributed by atoms with Gasteiger partial charge in [0, 0.05) is 0 Å². The van der Waals surface area contributed by atoms with E-state index < -0.39 is 20.6 Å². The average Bonchev–Trinajstić information content (AvgIpc) is 3.85. The Labute approximate surface area is 413 Å². The molecule has 0 aliphatic carbocycles. The van der Waals surface area contributed by atoms with Crippen molar-refractivity contribution in [1.29, 1.82) is 0 Å². The van der Waals surface area contributed by atoms with E-state index >= 15 is 0 Å². The molecule has 0 unspecified atom stereocenters. The maximum atomic E-state index is 13.6. The van der Waals surface area contributed by atoms with E-state index in [2.05, 4.69) is 83.1 Å². The van der Waals surface area contributed by atoms with Gasteiger partial charge in [0.2, 0.25) is 0 Å². The molecule has 0 atom stereocenters. The minimum atomic E-state index is -0.926. The number of benzene rings is 3. The summed E-state index contributed by atoms with van der Waals surface area (Å²) in [6.07, 6.45) is 0. The fourth-order valence-corrected chi connectivity index (χ4v) is 29.5. The summed E-state index contributed by atoms with van der Waals surface area (Å²) in [4.78, 5) is 51.4. The number of thioether (sulfide) groups is 12. The van der Waals surface area contributed by atoms with E-state index in [-0.39, 0.29) is 24.5 Å². The third-order valence-corrected chi connectivity index (χ3v) is 28.8. The Kier molecular flexibility index (Phi) is 11.1. The molecule has 0 bridgehead atoms. The second kappa shape index (κ2) is 14.4. The Hall–Kier alpha value is 1.27. The summed E-state index contributed by atoms with van der Waals surface area (Å²) in [6.45, 7) is 26.0. The van der Waals surface area contributed by atoms with Gasteiger partial charge in [-0.2, -0.15) is 0 Å². The first-order chi connectivity index (χ1) is 27.0. The van der Waals surface area contributed by atoms with Crippen molar-refractivity contribution in [3.63, 3.8) is 0 Å². The van der Waals surface area contributed by atoms with Crippen LogP contribution in [-0.4, -0.2) is 85.6 Å². The number of aromatic carboxylic acids is 3. The van der Waals surface area contributed by atoms with Crippen LogP contribution in [0.1, 0.15) is 131 Å². The van der Waals surface area contributed by atoms with Gasteiger partial charge in [0.15, 0.2) is 0 Å². The van der Waals surface area contributed by atoms with Crippen molar-refractivity contribution in [3.8, 4) is 0 Å². The molecule has 6 nitrogen and oxygen atoms in total. The molecule has 0 radical (unpaired) electrons. The first-order valence-electron chi connectivity index (χ1n) is 18.7. The predicted molar refractivity (Wildman–Crippen MR) is 261 cm³/mol. The van der Waals surface area contributed by atoms with Crippen molar-refractivity contribution >= 4 is 187 Å². The molecule has 0 amide bonds. The van der Waals surface area contributed by atoms with E-state index in [1.165, 1.54) is 0 Å². The van der Waals surface area contributed by atoms with Crippen LogP contribution >= 0.6 is 141 Å². The quantitative estimate of drug-likeness (QED) is 0.161. The van der Waals surface area contributed by atoms with Gasteiger partial charge in [0.1, 0.15) is 0 Å². The molecule has 19 heteroatoms. The summed E-state index contributed by atoms with van der Waals surface area (Å²) in [5, 5.41) is 33.3. The molecule has 0 saturated heterocycles. The van der Waals surface area contributed by atoms with Crippen molar-refractivity contribution in [2.24, 2.45) is 0 Å². The zero-order valence-electron chi connectivity index (χ0n) is 34.5. The molecule has 3 N–H and O–H groups in total. The SMILES string of the molecule is CC1(C)Sc2c(c([C]([Na])(c3c4c(c(C(=O)O)c5c3SC(C)(C)S5)SC(C)(C)S4)c3c4c(c(C(=O)O)c5c3SC(C)(C)S5)SC(C)(C)S4)c3c(c2C(=O)O)SC(C)(C)S3)S1. The zero-order valence-corrected chi connectivity index (χ0v) is 46.3. The van der Waals surface area contributed by atoms with Crippen molar-refractivity contribution in [2.45, 2.75) is 169 Å². The van der Waals surface area contributed by atoms with Gasteiger partial charge in [-0.25, -0.2) is 0 Å². The average molecular weight is 1020 g/mol. The number of fused-ring (bicyclic) bond motifs is 6. The molecule has 9 rings (SSSR count). The van der Waals surface area contributed by atoms with E-state index in [0.29, 0.717) is 44.6 Å². The van der Waals surface area contributed by atoms with Crippen LogP contribution in [0, 0.1) is 0 Å². The molecule has 0 aromatic heterocycles. The number of hydrogen-bond donors (Lipinski definition) is 3. The van der Waals surface area contributed by atoms with Crippen LogP contribution in [0.15, 0.2) is 58.7 Å². The van der Waals surface area contributed by atoms with Gasteiger partial charge in [0.05, 0.1) is 0 Å². The summed E-state index contributed by atoms with van der Waals surface area (Å²) in [5.41, 5.74) is 4.45. The molecule has 0 spiro atoms. The topological polar surface area (TPSA) is 112 Å². The molecule has 59 heavy (non-hydrogen) atoms. The molecule has 0 fully saturated rings. The van der Waals surface area contributed by atoms with Crippen LogP contribution in [0.25, 0.3) is 0 Å². The summed E-state index contributed by atoms with van der Waals surface area (Å²) in [7, 11) is 0. The summed E-state index contributed by atoms with van der Waals surface area (Å²) in [6, 6.07) is 0. The number of hydrogen-bond acceptors (Lipinski definition) is 15.